The monoisotopic (exact) mass is 271 g/mol. The summed E-state index contributed by atoms with van der Waals surface area (Å²) in [5.41, 5.74) is 6.55. The summed E-state index contributed by atoms with van der Waals surface area (Å²) in [6.07, 6.45) is 0. The van der Waals surface area contributed by atoms with E-state index in [4.69, 9.17) is 15.2 Å². The number of hydrogen-bond acceptors (Lipinski definition) is 3. The van der Waals surface area contributed by atoms with Crippen molar-refractivity contribution in [3.8, 4) is 11.5 Å². The first-order valence-electron chi connectivity index (χ1n) is 4.50. The van der Waals surface area contributed by atoms with Gasteiger partial charge in [0.1, 0.15) is 6.61 Å². The van der Waals surface area contributed by atoms with Crippen LogP contribution in [0.1, 0.15) is 5.56 Å². The third-order valence-corrected chi connectivity index (χ3v) is 2.08. The van der Waals surface area contributed by atoms with Crippen molar-refractivity contribution in [2.75, 3.05) is 13.7 Å². The highest BCUT2D eigenvalue weighted by atomic mass is 79.9. The minimum atomic E-state index is 0.407. The first-order chi connectivity index (χ1) is 7.17. The zero-order chi connectivity index (χ0) is 11.3. The lowest BCUT2D eigenvalue weighted by molar-refractivity contribution is 0.324. The van der Waals surface area contributed by atoms with Crippen LogP contribution in [0.2, 0.25) is 0 Å². The van der Waals surface area contributed by atoms with Crippen molar-refractivity contribution in [3.05, 3.63) is 34.8 Å². The zero-order valence-electron chi connectivity index (χ0n) is 8.63. The van der Waals surface area contributed by atoms with E-state index >= 15 is 0 Å². The average molecular weight is 272 g/mol. The number of methoxy groups -OCH3 is 1. The van der Waals surface area contributed by atoms with Gasteiger partial charge in [-0.2, -0.15) is 0 Å². The fraction of sp³-hybridized carbons (Fsp3) is 0.273. The van der Waals surface area contributed by atoms with Crippen molar-refractivity contribution in [1.29, 1.82) is 0 Å². The van der Waals surface area contributed by atoms with Crippen molar-refractivity contribution in [1.82, 2.24) is 0 Å². The van der Waals surface area contributed by atoms with Crippen LogP contribution in [0.4, 0.5) is 0 Å². The van der Waals surface area contributed by atoms with E-state index in [0.717, 1.165) is 10.0 Å². The normalized spacial score (nSPS) is 9.80. The Bertz CT molecular complexity index is 352. The summed E-state index contributed by atoms with van der Waals surface area (Å²) in [7, 11) is 1.60. The molecule has 0 bridgehead atoms. The second-order valence-corrected chi connectivity index (χ2v) is 4.12. The van der Waals surface area contributed by atoms with Gasteiger partial charge in [0.05, 0.1) is 7.11 Å². The van der Waals surface area contributed by atoms with E-state index in [-0.39, 0.29) is 0 Å². The highest BCUT2D eigenvalue weighted by Crippen LogP contribution is 2.28. The van der Waals surface area contributed by atoms with E-state index < -0.39 is 0 Å². The third kappa shape index (κ3) is 3.57. The molecule has 0 aliphatic heterocycles. The number of rotatable bonds is 5. The smallest absolute Gasteiger partial charge is 0.162 e. The zero-order valence-corrected chi connectivity index (χ0v) is 10.2. The van der Waals surface area contributed by atoms with Crippen molar-refractivity contribution < 1.29 is 9.47 Å². The van der Waals surface area contributed by atoms with E-state index in [0.29, 0.717) is 24.7 Å². The summed E-state index contributed by atoms with van der Waals surface area (Å²) in [5, 5.41) is 0. The molecule has 15 heavy (non-hydrogen) atoms. The molecule has 4 heteroatoms. The van der Waals surface area contributed by atoms with Crippen LogP contribution >= 0.6 is 15.9 Å². The summed E-state index contributed by atoms with van der Waals surface area (Å²) >= 11 is 3.23. The van der Waals surface area contributed by atoms with Crippen LogP contribution in [-0.2, 0) is 6.54 Å². The molecule has 0 radical (unpaired) electrons. The van der Waals surface area contributed by atoms with Crippen LogP contribution in [0.25, 0.3) is 0 Å². The maximum atomic E-state index is 5.54. The summed E-state index contributed by atoms with van der Waals surface area (Å²) < 4.78 is 11.5. The third-order valence-electron chi connectivity index (χ3n) is 1.85. The summed E-state index contributed by atoms with van der Waals surface area (Å²) in [6.45, 7) is 4.58. The van der Waals surface area contributed by atoms with E-state index in [1.54, 1.807) is 7.11 Å². The molecule has 1 aromatic rings. The van der Waals surface area contributed by atoms with E-state index in [1.165, 1.54) is 0 Å². The molecular formula is C11H14BrNO2. The number of hydrogen-bond donors (Lipinski definition) is 1. The molecule has 0 amide bonds. The maximum Gasteiger partial charge on any atom is 0.162 e. The lowest BCUT2D eigenvalue weighted by Gasteiger charge is -2.11. The Morgan fingerprint density at radius 1 is 1.47 bits per heavy atom. The van der Waals surface area contributed by atoms with Crippen LogP contribution in [0.3, 0.4) is 0 Å². The number of nitrogens with two attached hydrogens (primary N) is 1. The molecule has 0 atom stereocenters. The fourth-order valence-electron chi connectivity index (χ4n) is 1.12. The Kier molecular flexibility index (Phi) is 4.65. The lowest BCUT2D eigenvalue weighted by Crippen LogP contribution is -2.01. The predicted octanol–water partition coefficient (Wildman–Crippen LogP) is 2.44. The first-order valence-corrected chi connectivity index (χ1v) is 5.29. The summed E-state index contributed by atoms with van der Waals surface area (Å²) in [4.78, 5) is 0. The highest BCUT2D eigenvalue weighted by Gasteiger charge is 2.05. The van der Waals surface area contributed by atoms with Crippen molar-refractivity contribution in [2.24, 2.45) is 5.73 Å². The largest absolute Gasteiger partial charge is 0.493 e. The molecule has 0 unspecified atom stereocenters. The molecule has 1 rings (SSSR count). The van der Waals surface area contributed by atoms with Gasteiger partial charge >= 0.3 is 0 Å². The Labute approximate surface area is 98.0 Å². The van der Waals surface area contributed by atoms with Gasteiger partial charge in [-0.3, -0.25) is 0 Å². The topological polar surface area (TPSA) is 44.5 Å². The van der Waals surface area contributed by atoms with Crippen LogP contribution in [0.15, 0.2) is 29.3 Å². The van der Waals surface area contributed by atoms with Gasteiger partial charge in [-0.05, 0) is 17.7 Å². The fourth-order valence-corrected chi connectivity index (χ4v) is 1.23. The second kappa shape index (κ2) is 5.78. The molecule has 2 N–H and O–H groups in total. The standard InChI is InChI=1S/C11H14BrNO2/c1-8(12)7-15-11-5-9(6-13)3-4-10(11)14-2/h3-5H,1,6-7,13H2,2H3. The van der Waals surface area contributed by atoms with Crippen LogP contribution < -0.4 is 15.2 Å². The molecule has 0 aromatic heterocycles. The summed E-state index contributed by atoms with van der Waals surface area (Å²) in [5.74, 6) is 1.38. The number of benzene rings is 1. The Hall–Kier alpha value is -1.00. The molecule has 0 aliphatic carbocycles. The second-order valence-electron chi connectivity index (χ2n) is 3.00. The minimum absolute atomic E-state index is 0.407. The van der Waals surface area contributed by atoms with Gasteiger partial charge in [0.15, 0.2) is 11.5 Å². The van der Waals surface area contributed by atoms with Gasteiger partial charge in [-0.25, -0.2) is 0 Å². The lowest BCUT2D eigenvalue weighted by atomic mass is 10.2. The molecule has 3 nitrogen and oxygen atoms in total. The molecule has 1 aromatic carbocycles. The molecule has 0 spiro atoms. The van der Waals surface area contributed by atoms with Gasteiger partial charge in [0.2, 0.25) is 0 Å². The van der Waals surface area contributed by atoms with Gasteiger partial charge in [-0.15, -0.1) is 0 Å². The van der Waals surface area contributed by atoms with Crippen LogP contribution in [-0.4, -0.2) is 13.7 Å². The maximum absolute atomic E-state index is 5.54. The number of ether oxygens (including phenoxy) is 2. The average Bonchev–Trinajstić information content (AvgIpc) is 2.25. The quantitative estimate of drug-likeness (QED) is 0.895. The molecule has 0 saturated carbocycles. The molecule has 82 valence electrons. The van der Waals surface area contributed by atoms with Gasteiger partial charge < -0.3 is 15.2 Å². The predicted molar refractivity (Wildman–Crippen MR) is 64.4 cm³/mol. The number of halogens is 1. The molecule has 0 aliphatic rings. The highest BCUT2D eigenvalue weighted by molar-refractivity contribution is 9.11. The molecule has 0 heterocycles. The van der Waals surface area contributed by atoms with Crippen molar-refractivity contribution in [3.63, 3.8) is 0 Å². The van der Waals surface area contributed by atoms with E-state index in [1.807, 2.05) is 18.2 Å². The molecule has 0 fully saturated rings. The Morgan fingerprint density at radius 2 is 2.20 bits per heavy atom. The van der Waals surface area contributed by atoms with E-state index in [2.05, 4.69) is 22.5 Å². The van der Waals surface area contributed by atoms with Gasteiger partial charge in [0.25, 0.3) is 0 Å². The van der Waals surface area contributed by atoms with Crippen LogP contribution in [0, 0.1) is 0 Å². The van der Waals surface area contributed by atoms with Crippen LogP contribution in [0.5, 0.6) is 11.5 Å². The molecular weight excluding hydrogens is 258 g/mol. The van der Waals surface area contributed by atoms with Crippen molar-refractivity contribution >= 4 is 15.9 Å². The Balaban J connectivity index is 2.85. The Morgan fingerprint density at radius 3 is 2.73 bits per heavy atom. The van der Waals surface area contributed by atoms with Crippen molar-refractivity contribution in [2.45, 2.75) is 6.54 Å². The van der Waals surface area contributed by atoms with Gasteiger partial charge in [0, 0.05) is 11.0 Å². The summed E-state index contributed by atoms with van der Waals surface area (Å²) in [6, 6.07) is 5.62. The van der Waals surface area contributed by atoms with E-state index in [9.17, 15) is 0 Å². The van der Waals surface area contributed by atoms with Gasteiger partial charge in [-0.1, -0.05) is 28.6 Å². The first kappa shape index (κ1) is 12.1. The SMILES string of the molecule is C=C(Br)COc1cc(CN)ccc1OC. The molecule has 0 saturated heterocycles. The minimum Gasteiger partial charge on any atom is -0.493 e.